The van der Waals surface area contributed by atoms with Crippen LogP contribution in [0.25, 0.3) is 0 Å². The number of carbonyl (C=O) groups excluding carboxylic acids is 2. The first kappa shape index (κ1) is 19.3. The molecule has 0 aliphatic rings. The van der Waals surface area contributed by atoms with Crippen molar-refractivity contribution in [3.8, 4) is 0 Å². The van der Waals surface area contributed by atoms with E-state index in [-0.39, 0.29) is 73.1 Å². The van der Waals surface area contributed by atoms with Crippen LogP contribution >= 0.6 is 11.8 Å². The molecule has 0 heterocycles. The average Bonchev–Trinajstić information content (AvgIpc) is 2.26. The molecule has 0 aliphatic heterocycles. The van der Waals surface area contributed by atoms with Gasteiger partial charge in [0.15, 0.2) is 5.12 Å². The van der Waals surface area contributed by atoms with Crippen LogP contribution in [0.4, 0.5) is 5.69 Å². The van der Waals surface area contributed by atoms with E-state index in [4.69, 9.17) is 0 Å². The minimum Gasteiger partial charge on any atom is -0.744 e. The third-order valence-corrected chi connectivity index (χ3v) is 3.50. The fraction of sp³-hybridized carbons (Fsp3) is 0.200. The topological polar surface area (TPSA) is 103 Å². The van der Waals surface area contributed by atoms with E-state index in [0.717, 1.165) is 23.9 Å². The second kappa shape index (κ2) is 8.52. The van der Waals surface area contributed by atoms with Crippen LogP contribution in [0.5, 0.6) is 0 Å². The smallest absolute Gasteiger partial charge is 0.744 e. The van der Waals surface area contributed by atoms with Crippen molar-refractivity contribution in [1.29, 1.82) is 0 Å². The molecule has 0 aromatic heterocycles. The molecule has 1 N–H and O–H groups in total. The van der Waals surface area contributed by atoms with Crippen molar-refractivity contribution in [3.63, 3.8) is 0 Å². The van der Waals surface area contributed by atoms with E-state index in [1.54, 1.807) is 0 Å². The zero-order valence-electron chi connectivity index (χ0n) is 10.4. The van der Waals surface area contributed by atoms with Crippen LogP contribution in [0.2, 0.25) is 0 Å². The van der Waals surface area contributed by atoms with Gasteiger partial charge in [0, 0.05) is 12.6 Å². The third kappa shape index (κ3) is 7.56. The first-order valence-electron chi connectivity index (χ1n) is 4.78. The molecular weight excluding hydrogens is 317 g/mol. The van der Waals surface area contributed by atoms with Crippen LogP contribution in [0.15, 0.2) is 29.2 Å². The molecule has 1 rings (SSSR count). The molecule has 0 spiro atoms. The number of rotatable bonds is 4. The summed E-state index contributed by atoms with van der Waals surface area (Å²) in [5, 5.41) is 2.30. The van der Waals surface area contributed by atoms with Gasteiger partial charge in [-0.05, 0) is 24.3 Å². The van der Waals surface area contributed by atoms with Crippen molar-refractivity contribution in [2.24, 2.45) is 0 Å². The Morgan fingerprint density at radius 3 is 2.21 bits per heavy atom. The van der Waals surface area contributed by atoms with Crippen molar-refractivity contribution in [2.75, 3.05) is 11.1 Å². The predicted molar refractivity (Wildman–Crippen MR) is 66.2 cm³/mol. The maximum Gasteiger partial charge on any atom is 1.00 e. The predicted octanol–water partition coefficient (Wildman–Crippen LogP) is -2.19. The molecule has 0 saturated heterocycles. The van der Waals surface area contributed by atoms with Crippen LogP contribution in [0, 0.1) is 0 Å². The molecule has 0 bridgehead atoms. The molecule has 0 radical (unpaired) electrons. The molecule has 0 unspecified atom stereocenters. The van der Waals surface area contributed by atoms with Crippen LogP contribution in [0.1, 0.15) is 6.92 Å². The summed E-state index contributed by atoms with van der Waals surface area (Å²) in [6.45, 7) is 1.35. The number of anilines is 1. The van der Waals surface area contributed by atoms with Gasteiger partial charge < -0.3 is 9.87 Å². The molecule has 98 valence electrons. The first-order chi connectivity index (χ1) is 8.29. The standard InChI is InChI=1S/C10H11NO5S2.K/c1-7(12)17-6-10(13)11-8-2-4-9(5-3-8)18(14,15)16;/h2-5H,6H2,1H3,(H,11,13)(H,14,15,16);/q;+1/p-1. The Hall–Kier alpha value is 0.256. The average molecular weight is 327 g/mol. The molecule has 6 nitrogen and oxygen atoms in total. The van der Waals surface area contributed by atoms with Gasteiger partial charge in [-0.15, -0.1) is 0 Å². The maximum atomic E-state index is 11.3. The molecule has 0 aliphatic carbocycles. The fourth-order valence-electron chi connectivity index (χ4n) is 1.07. The summed E-state index contributed by atoms with van der Waals surface area (Å²) in [5.41, 5.74) is 0.358. The van der Waals surface area contributed by atoms with E-state index in [1.165, 1.54) is 19.1 Å². The van der Waals surface area contributed by atoms with Gasteiger partial charge in [-0.25, -0.2) is 8.42 Å². The van der Waals surface area contributed by atoms with Crippen molar-refractivity contribution in [3.05, 3.63) is 24.3 Å². The largest absolute Gasteiger partial charge is 1.00 e. The molecule has 9 heteroatoms. The van der Waals surface area contributed by atoms with Crippen molar-refractivity contribution >= 4 is 38.6 Å². The monoisotopic (exact) mass is 327 g/mol. The number of nitrogens with one attached hydrogen (secondary N) is 1. The Bertz CT molecular complexity index is 556. The van der Waals surface area contributed by atoms with Gasteiger partial charge in [-0.3, -0.25) is 9.59 Å². The van der Waals surface area contributed by atoms with E-state index in [2.05, 4.69) is 5.32 Å². The SMILES string of the molecule is CC(=O)SCC(=O)Nc1ccc(S(=O)(=O)[O-])cc1.[K+]. The van der Waals surface area contributed by atoms with Crippen LogP contribution in [0.3, 0.4) is 0 Å². The fourth-order valence-corrected chi connectivity index (χ4v) is 1.95. The van der Waals surface area contributed by atoms with Crippen LogP contribution < -0.4 is 56.7 Å². The van der Waals surface area contributed by atoms with Gasteiger partial charge in [0.1, 0.15) is 10.1 Å². The van der Waals surface area contributed by atoms with Crippen LogP contribution in [-0.4, -0.2) is 29.7 Å². The summed E-state index contributed by atoms with van der Waals surface area (Å²) in [6, 6.07) is 4.83. The quantitative estimate of drug-likeness (QED) is 0.498. The molecule has 1 aromatic rings. The summed E-state index contributed by atoms with van der Waals surface area (Å²) in [7, 11) is -4.48. The second-order valence-electron chi connectivity index (χ2n) is 3.31. The zero-order valence-corrected chi connectivity index (χ0v) is 15.1. The Kier molecular flexibility index (Phi) is 8.64. The molecule has 0 atom stereocenters. The molecule has 1 amide bonds. The van der Waals surface area contributed by atoms with Gasteiger partial charge in [0.25, 0.3) is 0 Å². The van der Waals surface area contributed by atoms with E-state index >= 15 is 0 Å². The molecule has 19 heavy (non-hydrogen) atoms. The van der Waals surface area contributed by atoms with Crippen molar-refractivity contribution in [1.82, 2.24) is 0 Å². The van der Waals surface area contributed by atoms with Gasteiger partial charge in [-0.2, -0.15) is 0 Å². The van der Waals surface area contributed by atoms with Gasteiger partial charge in [0.2, 0.25) is 5.91 Å². The Labute approximate surface area is 157 Å². The number of thioether (sulfide) groups is 1. The Morgan fingerprint density at radius 2 is 1.79 bits per heavy atom. The Morgan fingerprint density at radius 1 is 1.26 bits per heavy atom. The van der Waals surface area contributed by atoms with E-state index in [1.807, 2.05) is 0 Å². The first-order valence-corrected chi connectivity index (χ1v) is 7.17. The third-order valence-electron chi connectivity index (χ3n) is 1.83. The van der Waals surface area contributed by atoms with Gasteiger partial charge >= 0.3 is 51.4 Å². The second-order valence-corrected chi connectivity index (χ2v) is 5.84. The van der Waals surface area contributed by atoms with Crippen LogP contribution in [-0.2, 0) is 19.7 Å². The summed E-state index contributed by atoms with van der Waals surface area (Å²) >= 11 is 0.869. The Balaban J connectivity index is 0.00000324. The minimum absolute atomic E-state index is 0. The maximum absolute atomic E-state index is 11.3. The number of hydrogen-bond donors (Lipinski definition) is 1. The molecule has 0 saturated carbocycles. The van der Waals surface area contributed by atoms with Crippen molar-refractivity contribution < 1.29 is 73.9 Å². The molecule has 1 aromatic carbocycles. The summed E-state index contributed by atoms with van der Waals surface area (Å²) in [4.78, 5) is 21.6. The van der Waals surface area contributed by atoms with E-state index < -0.39 is 10.1 Å². The van der Waals surface area contributed by atoms with E-state index in [0.29, 0.717) is 5.69 Å². The zero-order chi connectivity index (χ0) is 13.8. The number of hydrogen-bond acceptors (Lipinski definition) is 6. The number of carbonyl (C=O) groups is 2. The summed E-state index contributed by atoms with van der Waals surface area (Å²) < 4.78 is 32.0. The summed E-state index contributed by atoms with van der Waals surface area (Å²) in [6.07, 6.45) is 0. The minimum atomic E-state index is -4.48. The molecule has 0 fully saturated rings. The summed E-state index contributed by atoms with van der Waals surface area (Å²) in [5.74, 6) is -0.398. The van der Waals surface area contributed by atoms with E-state index in [9.17, 15) is 22.6 Å². The normalized spacial score (nSPS) is 10.4. The van der Waals surface area contributed by atoms with Gasteiger partial charge in [-0.1, -0.05) is 11.8 Å². The number of amides is 1. The van der Waals surface area contributed by atoms with Gasteiger partial charge in [0.05, 0.1) is 10.6 Å². The molecular formula is C10H10KNO5S2. The van der Waals surface area contributed by atoms with Crippen molar-refractivity contribution in [2.45, 2.75) is 11.8 Å². The number of benzene rings is 1.